The highest BCUT2D eigenvalue weighted by Gasteiger charge is 2.13. The molecule has 2 aromatic rings. The first kappa shape index (κ1) is 13.3. The summed E-state index contributed by atoms with van der Waals surface area (Å²) in [6, 6.07) is 7.51. The fraction of sp³-hybridized carbons (Fsp3) is 0.357. The third-order valence-corrected chi connectivity index (χ3v) is 2.84. The van der Waals surface area contributed by atoms with Gasteiger partial charge in [0.2, 0.25) is 0 Å². The van der Waals surface area contributed by atoms with Crippen LogP contribution in [0.3, 0.4) is 0 Å². The summed E-state index contributed by atoms with van der Waals surface area (Å²) in [4.78, 5) is 12.2. The van der Waals surface area contributed by atoms with E-state index in [1.807, 2.05) is 31.2 Å². The summed E-state index contributed by atoms with van der Waals surface area (Å²) in [5, 5.41) is 7.73. The second-order valence-electron chi connectivity index (χ2n) is 4.29. The van der Waals surface area contributed by atoms with Crippen molar-refractivity contribution in [2.24, 2.45) is 0 Å². The van der Waals surface area contributed by atoms with E-state index in [0.717, 1.165) is 17.7 Å². The Labute approximate surface area is 112 Å². The first-order valence-corrected chi connectivity index (χ1v) is 6.29. The third kappa shape index (κ3) is 3.19. The summed E-state index contributed by atoms with van der Waals surface area (Å²) >= 11 is 0. The van der Waals surface area contributed by atoms with Gasteiger partial charge in [0.15, 0.2) is 5.78 Å². The molecule has 5 nitrogen and oxygen atoms in total. The van der Waals surface area contributed by atoms with E-state index in [-0.39, 0.29) is 5.78 Å². The Morgan fingerprint density at radius 1 is 1.42 bits per heavy atom. The van der Waals surface area contributed by atoms with Crippen LogP contribution in [0.15, 0.2) is 30.5 Å². The van der Waals surface area contributed by atoms with Crippen molar-refractivity contribution in [3.05, 3.63) is 41.7 Å². The van der Waals surface area contributed by atoms with Gasteiger partial charge >= 0.3 is 0 Å². The fourth-order valence-corrected chi connectivity index (χ4v) is 1.91. The molecule has 1 aromatic carbocycles. The van der Waals surface area contributed by atoms with E-state index in [9.17, 15) is 4.79 Å². The SMILES string of the molecule is CCCn1nncc1C(=O)Cc1cccc(OC)c1. The van der Waals surface area contributed by atoms with Gasteiger partial charge in [0.1, 0.15) is 11.4 Å². The molecule has 0 saturated heterocycles. The molecule has 0 amide bonds. The van der Waals surface area contributed by atoms with Crippen LogP contribution in [-0.2, 0) is 13.0 Å². The molecule has 0 saturated carbocycles. The zero-order valence-electron chi connectivity index (χ0n) is 11.2. The Morgan fingerprint density at radius 2 is 2.26 bits per heavy atom. The van der Waals surface area contributed by atoms with Gasteiger partial charge in [-0.3, -0.25) is 4.79 Å². The maximum Gasteiger partial charge on any atom is 0.186 e. The van der Waals surface area contributed by atoms with Crippen molar-refractivity contribution >= 4 is 5.78 Å². The van der Waals surface area contributed by atoms with Crippen molar-refractivity contribution in [1.29, 1.82) is 0 Å². The number of Topliss-reactive ketones (excluding diaryl/α,β-unsaturated/α-hetero) is 1. The van der Waals surface area contributed by atoms with Crippen molar-refractivity contribution in [3.63, 3.8) is 0 Å². The number of nitrogens with zero attached hydrogens (tertiary/aromatic N) is 3. The number of rotatable bonds is 6. The number of benzene rings is 1. The molecular weight excluding hydrogens is 242 g/mol. The summed E-state index contributed by atoms with van der Waals surface area (Å²) in [7, 11) is 1.61. The van der Waals surface area contributed by atoms with Crippen LogP contribution >= 0.6 is 0 Å². The molecule has 0 aliphatic rings. The number of ketones is 1. The van der Waals surface area contributed by atoms with Crippen molar-refractivity contribution < 1.29 is 9.53 Å². The summed E-state index contributed by atoms with van der Waals surface area (Å²) in [5.74, 6) is 0.775. The molecule has 5 heteroatoms. The Balaban J connectivity index is 2.13. The maximum atomic E-state index is 12.2. The second kappa shape index (κ2) is 6.13. The molecule has 2 rings (SSSR count). The van der Waals surface area contributed by atoms with Gasteiger partial charge < -0.3 is 4.74 Å². The highest BCUT2D eigenvalue weighted by Crippen LogP contribution is 2.14. The molecular formula is C14H17N3O2. The van der Waals surface area contributed by atoms with Crippen LogP contribution < -0.4 is 4.74 Å². The largest absolute Gasteiger partial charge is 0.497 e. The van der Waals surface area contributed by atoms with Crippen LogP contribution in [0.5, 0.6) is 5.75 Å². The molecule has 0 radical (unpaired) electrons. The van der Waals surface area contributed by atoms with Gasteiger partial charge in [0.05, 0.1) is 13.3 Å². The average molecular weight is 259 g/mol. The van der Waals surface area contributed by atoms with Gasteiger partial charge in [-0.1, -0.05) is 24.3 Å². The van der Waals surface area contributed by atoms with E-state index in [1.54, 1.807) is 11.8 Å². The van der Waals surface area contributed by atoms with Gasteiger partial charge in [0.25, 0.3) is 0 Å². The number of aromatic nitrogens is 3. The van der Waals surface area contributed by atoms with Crippen LogP contribution in [0.1, 0.15) is 29.4 Å². The minimum atomic E-state index is 0.0201. The molecule has 0 atom stereocenters. The van der Waals surface area contributed by atoms with Gasteiger partial charge in [0, 0.05) is 13.0 Å². The summed E-state index contributed by atoms with van der Waals surface area (Å²) in [6.45, 7) is 2.75. The standard InChI is InChI=1S/C14H17N3O2/c1-3-7-17-13(10-15-16-17)14(18)9-11-5-4-6-12(8-11)19-2/h4-6,8,10H,3,7,9H2,1-2H3. The lowest BCUT2D eigenvalue weighted by Crippen LogP contribution is -2.12. The van der Waals surface area contributed by atoms with Crippen LogP contribution in [0, 0.1) is 0 Å². The smallest absolute Gasteiger partial charge is 0.186 e. The molecule has 0 unspecified atom stereocenters. The minimum absolute atomic E-state index is 0.0201. The maximum absolute atomic E-state index is 12.2. The van der Waals surface area contributed by atoms with Crippen LogP contribution in [0.25, 0.3) is 0 Å². The van der Waals surface area contributed by atoms with E-state index in [4.69, 9.17) is 4.74 Å². The quantitative estimate of drug-likeness (QED) is 0.746. The topological polar surface area (TPSA) is 57.0 Å². The zero-order chi connectivity index (χ0) is 13.7. The zero-order valence-corrected chi connectivity index (χ0v) is 11.2. The molecule has 0 aliphatic heterocycles. The molecule has 19 heavy (non-hydrogen) atoms. The van der Waals surface area contributed by atoms with E-state index >= 15 is 0 Å². The van der Waals surface area contributed by atoms with Crippen molar-refractivity contribution in [1.82, 2.24) is 15.0 Å². The number of hydrogen-bond acceptors (Lipinski definition) is 4. The average Bonchev–Trinajstić information content (AvgIpc) is 2.88. The van der Waals surface area contributed by atoms with Gasteiger partial charge in [-0.15, -0.1) is 5.10 Å². The number of ether oxygens (including phenoxy) is 1. The van der Waals surface area contributed by atoms with Crippen molar-refractivity contribution in [2.45, 2.75) is 26.3 Å². The molecule has 1 heterocycles. The first-order chi connectivity index (χ1) is 9.24. The lowest BCUT2D eigenvalue weighted by molar-refractivity contribution is 0.0982. The van der Waals surface area contributed by atoms with Crippen molar-refractivity contribution in [2.75, 3.05) is 7.11 Å². The summed E-state index contributed by atoms with van der Waals surface area (Å²) in [6.07, 6.45) is 2.77. The molecule has 0 spiro atoms. The number of carbonyl (C=O) groups is 1. The Morgan fingerprint density at radius 3 is 3.00 bits per heavy atom. The number of carbonyl (C=O) groups excluding carboxylic acids is 1. The number of methoxy groups -OCH3 is 1. The highest BCUT2D eigenvalue weighted by molar-refractivity contribution is 5.95. The van der Waals surface area contributed by atoms with Gasteiger partial charge in [-0.25, -0.2) is 4.68 Å². The molecule has 100 valence electrons. The Bertz CT molecular complexity index is 563. The highest BCUT2D eigenvalue weighted by atomic mass is 16.5. The number of aryl methyl sites for hydroxylation is 1. The molecule has 0 fully saturated rings. The Hall–Kier alpha value is -2.17. The minimum Gasteiger partial charge on any atom is -0.497 e. The van der Waals surface area contributed by atoms with E-state index in [2.05, 4.69) is 10.3 Å². The molecule has 0 bridgehead atoms. The molecule has 0 N–H and O–H groups in total. The predicted molar refractivity (Wildman–Crippen MR) is 71.3 cm³/mol. The predicted octanol–water partition coefficient (Wildman–Crippen LogP) is 2.12. The van der Waals surface area contributed by atoms with Crippen LogP contribution in [0.4, 0.5) is 0 Å². The summed E-state index contributed by atoms with van der Waals surface area (Å²) < 4.78 is 6.80. The van der Waals surface area contributed by atoms with E-state index in [1.165, 1.54) is 6.20 Å². The first-order valence-electron chi connectivity index (χ1n) is 6.29. The lowest BCUT2D eigenvalue weighted by Gasteiger charge is -2.05. The van der Waals surface area contributed by atoms with Gasteiger partial charge in [-0.05, 0) is 24.1 Å². The fourth-order valence-electron chi connectivity index (χ4n) is 1.91. The van der Waals surface area contributed by atoms with Crippen LogP contribution in [0.2, 0.25) is 0 Å². The second-order valence-corrected chi connectivity index (χ2v) is 4.29. The normalized spacial score (nSPS) is 10.4. The van der Waals surface area contributed by atoms with Crippen LogP contribution in [-0.4, -0.2) is 27.9 Å². The van der Waals surface area contributed by atoms with E-state index < -0.39 is 0 Å². The summed E-state index contributed by atoms with van der Waals surface area (Å²) in [5.41, 5.74) is 1.48. The van der Waals surface area contributed by atoms with E-state index in [0.29, 0.717) is 18.7 Å². The van der Waals surface area contributed by atoms with Crippen molar-refractivity contribution in [3.8, 4) is 5.75 Å². The Kier molecular flexibility index (Phi) is 4.28. The lowest BCUT2D eigenvalue weighted by atomic mass is 10.1. The molecule has 0 aliphatic carbocycles. The van der Waals surface area contributed by atoms with Gasteiger partial charge in [-0.2, -0.15) is 0 Å². The monoisotopic (exact) mass is 259 g/mol. The number of hydrogen-bond donors (Lipinski definition) is 0. The molecule has 1 aromatic heterocycles. The third-order valence-electron chi connectivity index (χ3n) is 2.84.